The summed E-state index contributed by atoms with van der Waals surface area (Å²) in [6, 6.07) is 8.32. The van der Waals surface area contributed by atoms with E-state index in [0.717, 1.165) is 73.8 Å². The highest BCUT2D eigenvalue weighted by atomic mass is 16.6. The number of benzene rings is 1. The summed E-state index contributed by atoms with van der Waals surface area (Å²) >= 11 is 0. The monoisotopic (exact) mass is 776 g/mol. The van der Waals surface area contributed by atoms with Gasteiger partial charge in [0.1, 0.15) is 11.6 Å². The van der Waals surface area contributed by atoms with Crippen molar-refractivity contribution < 1.29 is 33.5 Å². The minimum Gasteiger partial charge on any atom is -0.444 e. The van der Waals surface area contributed by atoms with Crippen LogP contribution in [0.2, 0.25) is 0 Å². The largest absolute Gasteiger partial charge is 0.444 e. The molecule has 0 saturated heterocycles. The van der Waals surface area contributed by atoms with Crippen LogP contribution in [-0.4, -0.2) is 79.0 Å². The molecule has 3 atom stereocenters. The Morgan fingerprint density at radius 2 is 1.34 bits per heavy atom. The lowest BCUT2D eigenvalue weighted by atomic mass is 9.89. The molecule has 1 aromatic carbocycles. The summed E-state index contributed by atoms with van der Waals surface area (Å²) in [5.41, 5.74) is 16.3. The predicted octanol–water partition coefficient (Wildman–Crippen LogP) is 2.51. The van der Waals surface area contributed by atoms with Crippen LogP contribution in [0.15, 0.2) is 64.5 Å². The van der Waals surface area contributed by atoms with E-state index in [1.54, 1.807) is 20.8 Å². The molecule has 3 unspecified atom stereocenters. The number of nitrogens with one attached hydrogen (secondary N) is 6. The first-order valence-corrected chi connectivity index (χ1v) is 19.7. The number of ether oxygens (including phenoxy) is 1. The summed E-state index contributed by atoms with van der Waals surface area (Å²) in [7, 11) is 0. The Hall–Kier alpha value is -5.34. The van der Waals surface area contributed by atoms with E-state index >= 15 is 0 Å². The molecule has 1 aromatic rings. The van der Waals surface area contributed by atoms with Crippen LogP contribution in [0.4, 0.5) is 4.79 Å². The standard InChI is InChI=1S/C41H60N8O7/c1-41(2,3)56-40(55)46-23-33(28-13-8-14-28)48-31(38(29-15-16-29)49-32(39(43)54)18-20-35(51)44-24-34(42)50)17-19-36(52)45-25-37(53)47-30(22-27-11-7-12-27)21-26-9-5-4-6-10-26/h4-6,9-10,22,30-32,48-49H,7-8,11-21,23-25H2,1-3H3,(H2,42,50)(H2,43,54)(H,44,51)(H,45,52)(H,46,55)(H,47,53). The molecule has 0 aromatic heterocycles. The number of carbonyl (C=O) groups is 6. The lowest BCUT2D eigenvalue weighted by molar-refractivity contribution is -0.126. The summed E-state index contributed by atoms with van der Waals surface area (Å²) in [5, 5.41) is 18.0. The van der Waals surface area contributed by atoms with Crippen molar-refractivity contribution in [2.45, 2.75) is 128 Å². The quantitative estimate of drug-likeness (QED) is 0.0807. The first-order valence-electron chi connectivity index (χ1n) is 19.7. The fraction of sp³-hybridized carbons (Fsp3) is 0.561. The normalized spacial score (nSPS) is 16.0. The van der Waals surface area contributed by atoms with Crippen molar-refractivity contribution in [1.82, 2.24) is 31.9 Å². The molecule has 3 aliphatic carbocycles. The maximum atomic E-state index is 13.3. The molecule has 3 saturated carbocycles. The van der Waals surface area contributed by atoms with E-state index in [1.165, 1.54) is 5.57 Å². The van der Waals surface area contributed by atoms with Gasteiger partial charge in [-0.25, -0.2) is 4.79 Å². The van der Waals surface area contributed by atoms with E-state index in [4.69, 9.17) is 16.2 Å². The van der Waals surface area contributed by atoms with Gasteiger partial charge in [-0.15, -0.1) is 0 Å². The molecule has 306 valence electrons. The van der Waals surface area contributed by atoms with Crippen LogP contribution in [0.25, 0.3) is 0 Å². The topological polar surface area (TPSA) is 236 Å². The second-order valence-corrected chi connectivity index (χ2v) is 15.7. The van der Waals surface area contributed by atoms with Crippen LogP contribution in [0.1, 0.15) is 103 Å². The number of hydrogen-bond acceptors (Lipinski definition) is 9. The number of amides is 6. The summed E-state index contributed by atoms with van der Waals surface area (Å²) in [6.07, 6.45) is 9.90. The van der Waals surface area contributed by atoms with Crippen molar-refractivity contribution >= 4 is 35.6 Å². The van der Waals surface area contributed by atoms with E-state index in [2.05, 4.69) is 38.0 Å². The first kappa shape index (κ1) is 43.4. The first-order chi connectivity index (χ1) is 26.6. The molecule has 10 N–H and O–H groups in total. The minimum absolute atomic E-state index is 0.0414. The molecule has 15 heteroatoms. The molecule has 15 nitrogen and oxygen atoms in total. The van der Waals surface area contributed by atoms with Crippen LogP contribution in [0.5, 0.6) is 0 Å². The summed E-state index contributed by atoms with van der Waals surface area (Å²) in [6.45, 7) is 5.01. The van der Waals surface area contributed by atoms with Gasteiger partial charge in [-0.2, -0.15) is 0 Å². The van der Waals surface area contributed by atoms with Gasteiger partial charge < -0.3 is 48.1 Å². The molecule has 0 spiro atoms. The molecule has 0 aliphatic heterocycles. The fourth-order valence-corrected chi connectivity index (χ4v) is 6.36. The van der Waals surface area contributed by atoms with Crippen molar-refractivity contribution in [2.75, 3.05) is 19.6 Å². The molecule has 3 fully saturated rings. The Bertz CT molecular complexity index is 1660. The van der Waals surface area contributed by atoms with E-state index < -0.39 is 41.5 Å². The number of carbonyl (C=O) groups excluding carboxylic acids is 6. The average molecular weight is 777 g/mol. The number of rotatable bonds is 22. The van der Waals surface area contributed by atoms with Gasteiger partial charge in [0.15, 0.2) is 0 Å². The Kier molecular flexibility index (Phi) is 16.3. The van der Waals surface area contributed by atoms with Gasteiger partial charge in [0.2, 0.25) is 29.5 Å². The summed E-state index contributed by atoms with van der Waals surface area (Å²) < 4.78 is 5.46. The van der Waals surface area contributed by atoms with Crippen molar-refractivity contribution in [1.29, 1.82) is 0 Å². The average Bonchev–Trinajstić information content (AvgIpc) is 3.93. The van der Waals surface area contributed by atoms with Crippen molar-refractivity contribution in [3.8, 4) is 0 Å². The van der Waals surface area contributed by atoms with Crippen molar-refractivity contribution in [3.63, 3.8) is 0 Å². The predicted molar refractivity (Wildman–Crippen MR) is 212 cm³/mol. The number of allylic oxidation sites excluding steroid dienone is 3. The summed E-state index contributed by atoms with van der Waals surface area (Å²) in [5.74, 6) is -2.43. The van der Waals surface area contributed by atoms with Gasteiger partial charge in [0.25, 0.3) is 0 Å². The number of alkyl carbamates (subject to hydrolysis) is 1. The lowest BCUT2D eigenvalue weighted by Gasteiger charge is -2.31. The van der Waals surface area contributed by atoms with Crippen LogP contribution < -0.4 is 43.4 Å². The van der Waals surface area contributed by atoms with Gasteiger partial charge in [0.05, 0.1) is 31.7 Å². The molecule has 0 heterocycles. The highest BCUT2D eigenvalue weighted by Crippen LogP contribution is 2.34. The van der Waals surface area contributed by atoms with E-state index in [9.17, 15) is 28.8 Å². The molecule has 6 amide bonds. The Morgan fingerprint density at radius 3 is 1.88 bits per heavy atom. The van der Waals surface area contributed by atoms with Gasteiger partial charge in [0, 0.05) is 24.2 Å². The minimum atomic E-state index is -0.933. The van der Waals surface area contributed by atoms with Gasteiger partial charge in [-0.05, 0) is 108 Å². The third-order valence-corrected chi connectivity index (χ3v) is 9.75. The van der Waals surface area contributed by atoms with Crippen LogP contribution in [-0.2, 0) is 35.1 Å². The van der Waals surface area contributed by atoms with Gasteiger partial charge >= 0.3 is 6.09 Å². The molecule has 4 rings (SSSR count). The molecule has 56 heavy (non-hydrogen) atoms. The molecule has 0 bridgehead atoms. The third-order valence-electron chi connectivity index (χ3n) is 9.75. The maximum absolute atomic E-state index is 13.3. The summed E-state index contributed by atoms with van der Waals surface area (Å²) in [4.78, 5) is 75.2. The Labute approximate surface area is 329 Å². The maximum Gasteiger partial charge on any atom is 0.407 e. The van der Waals surface area contributed by atoms with Crippen LogP contribution in [0, 0.1) is 0 Å². The zero-order valence-corrected chi connectivity index (χ0v) is 33.0. The van der Waals surface area contributed by atoms with E-state index in [-0.39, 0.29) is 63.2 Å². The Balaban J connectivity index is 1.45. The highest BCUT2D eigenvalue weighted by molar-refractivity contribution is 5.86. The number of primary amides is 2. The highest BCUT2D eigenvalue weighted by Gasteiger charge is 2.31. The SMILES string of the molecule is CC(C)(C)OC(=O)NCC(NC(CCC(=O)NCC(=O)NC(C=C1CCC1)Cc1ccccc1)C(NC(CCC(=O)NCC(N)=O)C(N)=O)=C1CC1)=C1CCC1. The fourth-order valence-electron chi connectivity index (χ4n) is 6.36. The zero-order chi connectivity index (χ0) is 40.7. The third kappa shape index (κ3) is 15.8. The molecule has 0 radical (unpaired) electrons. The molecular weight excluding hydrogens is 716 g/mol. The Morgan fingerprint density at radius 1 is 0.714 bits per heavy atom. The van der Waals surface area contributed by atoms with E-state index in [1.807, 2.05) is 30.3 Å². The smallest absolute Gasteiger partial charge is 0.407 e. The molecule has 3 aliphatic rings. The second kappa shape index (κ2) is 21.1. The van der Waals surface area contributed by atoms with Crippen LogP contribution >= 0.6 is 0 Å². The van der Waals surface area contributed by atoms with Crippen LogP contribution in [0.3, 0.4) is 0 Å². The van der Waals surface area contributed by atoms with E-state index in [0.29, 0.717) is 12.1 Å². The van der Waals surface area contributed by atoms with Crippen molar-refractivity contribution in [3.05, 3.63) is 70.1 Å². The van der Waals surface area contributed by atoms with Gasteiger partial charge in [-0.3, -0.25) is 24.0 Å². The number of hydrogen-bond donors (Lipinski definition) is 8. The zero-order valence-electron chi connectivity index (χ0n) is 33.0. The number of nitrogens with two attached hydrogens (primary N) is 2. The lowest BCUT2D eigenvalue weighted by Crippen LogP contribution is -2.48. The van der Waals surface area contributed by atoms with Crippen molar-refractivity contribution in [2.24, 2.45) is 11.5 Å². The second-order valence-electron chi connectivity index (χ2n) is 15.7. The van der Waals surface area contributed by atoms with Gasteiger partial charge in [-0.1, -0.05) is 42.0 Å². The molecular formula is C41H60N8O7.